The molecule has 0 saturated heterocycles. The number of anilines is 1. The molecule has 9 heteroatoms. The number of carbonyl (C=O) groups excluding carboxylic acids is 3. The molecule has 0 fully saturated rings. The van der Waals surface area contributed by atoms with Crippen molar-refractivity contribution in [3.8, 4) is 0 Å². The molecule has 7 nitrogen and oxygen atoms in total. The third kappa shape index (κ3) is 5.01. The number of rotatable bonds is 5. The van der Waals surface area contributed by atoms with Gasteiger partial charge in [0.2, 0.25) is 0 Å². The molecule has 0 bridgehead atoms. The second-order valence-electron chi connectivity index (χ2n) is 6.75. The molecule has 156 valence electrons. The van der Waals surface area contributed by atoms with Crippen molar-refractivity contribution in [1.29, 1.82) is 0 Å². The van der Waals surface area contributed by atoms with Crippen LogP contribution in [-0.4, -0.2) is 28.4 Å². The van der Waals surface area contributed by atoms with Crippen LogP contribution in [0.4, 0.5) is 5.69 Å². The SMILES string of the molecule is CC[C@H](C)NC(=O)C(=O)Nn1c(C(=O)Nc2ccc(Cl)cc2)cc2cc(Br)ccc21. The average molecular weight is 492 g/mol. The van der Waals surface area contributed by atoms with Gasteiger partial charge in [0.05, 0.1) is 5.52 Å². The summed E-state index contributed by atoms with van der Waals surface area (Å²) in [6, 6.07) is 13.5. The van der Waals surface area contributed by atoms with E-state index in [1.54, 1.807) is 49.4 Å². The minimum Gasteiger partial charge on any atom is -0.345 e. The summed E-state index contributed by atoms with van der Waals surface area (Å²) >= 11 is 9.28. The molecule has 30 heavy (non-hydrogen) atoms. The highest BCUT2D eigenvalue weighted by molar-refractivity contribution is 9.10. The molecule has 0 aliphatic carbocycles. The lowest BCUT2D eigenvalue weighted by Gasteiger charge is -2.14. The maximum atomic E-state index is 12.9. The Morgan fingerprint density at radius 3 is 2.43 bits per heavy atom. The van der Waals surface area contributed by atoms with E-state index in [1.807, 2.05) is 13.0 Å². The lowest BCUT2D eigenvalue weighted by atomic mass is 10.2. The molecule has 3 amide bonds. The third-order valence-electron chi connectivity index (χ3n) is 4.51. The van der Waals surface area contributed by atoms with E-state index < -0.39 is 17.7 Å². The normalized spacial score (nSPS) is 11.7. The molecule has 3 N–H and O–H groups in total. The first-order valence-electron chi connectivity index (χ1n) is 9.28. The molecule has 1 atom stereocenters. The second-order valence-corrected chi connectivity index (χ2v) is 8.10. The number of nitrogens with zero attached hydrogens (tertiary/aromatic N) is 1. The molecule has 0 aliphatic heterocycles. The second kappa shape index (κ2) is 9.32. The third-order valence-corrected chi connectivity index (χ3v) is 5.25. The lowest BCUT2D eigenvalue weighted by Crippen LogP contribution is -2.43. The van der Waals surface area contributed by atoms with Gasteiger partial charge in [-0.15, -0.1) is 0 Å². The van der Waals surface area contributed by atoms with E-state index in [0.717, 1.165) is 4.47 Å². The van der Waals surface area contributed by atoms with Crippen molar-refractivity contribution in [2.45, 2.75) is 26.3 Å². The fourth-order valence-electron chi connectivity index (χ4n) is 2.75. The van der Waals surface area contributed by atoms with E-state index in [2.05, 4.69) is 32.0 Å². The summed E-state index contributed by atoms with van der Waals surface area (Å²) in [7, 11) is 0. The molecule has 0 unspecified atom stereocenters. The van der Waals surface area contributed by atoms with E-state index in [-0.39, 0.29) is 11.7 Å². The van der Waals surface area contributed by atoms with Crippen LogP contribution >= 0.6 is 27.5 Å². The number of halogens is 2. The summed E-state index contributed by atoms with van der Waals surface area (Å²) < 4.78 is 2.13. The van der Waals surface area contributed by atoms with Gasteiger partial charge in [-0.2, -0.15) is 0 Å². The first kappa shape index (κ1) is 21.9. The van der Waals surface area contributed by atoms with Crippen LogP contribution in [0.5, 0.6) is 0 Å². The molecule has 0 spiro atoms. The fourth-order valence-corrected chi connectivity index (χ4v) is 3.25. The zero-order valence-corrected chi connectivity index (χ0v) is 18.7. The number of amides is 3. The summed E-state index contributed by atoms with van der Waals surface area (Å²) in [5.41, 5.74) is 3.81. The summed E-state index contributed by atoms with van der Waals surface area (Å²) in [6.07, 6.45) is 0.689. The Labute approximate surface area is 186 Å². The minimum atomic E-state index is -0.865. The van der Waals surface area contributed by atoms with Gasteiger partial charge in [-0.25, -0.2) is 4.68 Å². The molecule has 3 aromatic rings. The minimum absolute atomic E-state index is 0.145. The maximum Gasteiger partial charge on any atom is 0.328 e. The highest BCUT2D eigenvalue weighted by Gasteiger charge is 2.21. The Bertz CT molecular complexity index is 1110. The van der Waals surface area contributed by atoms with E-state index in [4.69, 9.17) is 11.6 Å². The standard InChI is InChI=1S/C21H20BrClN4O3/c1-3-12(2)24-20(29)21(30)26-27-17-9-4-14(22)10-13(17)11-18(27)19(28)25-16-7-5-15(23)6-8-16/h4-12H,3H2,1-2H3,(H,24,29)(H,25,28)(H,26,30)/t12-/m0/s1. The highest BCUT2D eigenvalue weighted by atomic mass is 79.9. The fraction of sp³-hybridized carbons (Fsp3) is 0.190. The first-order valence-corrected chi connectivity index (χ1v) is 10.5. The molecule has 1 heterocycles. The van der Waals surface area contributed by atoms with E-state index in [0.29, 0.717) is 28.0 Å². The molecular formula is C21H20BrClN4O3. The summed E-state index contributed by atoms with van der Waals surface area (Å²) in [5, 5.41) is 6.63. The van der Waals surface area contributed by atoms with Gasteiger partial charge in [-0.05, 0) is 61.9 Å². The number of aromatic nitrogens is 1. The summed E-state index contributed by atoms with van der Waals surface area (Å²) in [6.45, 7) is 3.71. The number of benzene rings is 2. The van der Waals surface area contributed by atoms with Crippen LogP contribution in [0, 0.1) is 0 Å². The zero-order valence-electron chi connectivity index (χ0n) is 16.3. The predicted molar refractivity (Wildman–Crippen MR) is 121 cm³/mol. The van der Waals surface area contributed by atoms with Crippen molar-refractivity contribution >= 4 is 61.8 Å². The zero-order chi connectivity index (χ0) is 21.8. The molecule has 0 aliphatic rings. The van der Waals surface area contributed by atoms with Crippen molar-refractivity contribution in [2.75, 3.05) is 10.7 Å². The van der Waals surface area contributed by atoms with Crippen LogP contribution in [0.25, 0.3) is 10.9 Å². The van der Waals surface area contributed by atoms with Gasteiger partial charge >= 0.3 is 11.8 Å². The Kier molecular flexibility index (Phi) is 6.79. The molecule has 3 rings (SSSR count). The number of hydrogen-bond acceptors (Lipinski definition) is 3. The number of hydrogen-bond donors (Lipinski definition) is 3. The van der Waals surface area contributed by atoms with Crippen molar-refractivity contribution in [2.24, 2.45) is 0 Å². The Hall–Kier alpha value is -2.84. The topological polar surface area (TPSA) is 92.2 Å². The molecule has 1 aromatic heterocycles. The highest BCUT2D eigenvalue weighted by Crippen LogP contribution is 2.24. The number of fused-ring (bicyclic) bond motifs is 1. The monoisotopic (exact) mass is 490 g/mol. The van der Waals surface area contributed by atoms with Gasteiger partial charge < -0.3 is 10.6 Å². The van der Waals surface area contributed by atoms with Crippen LogP contribution in [-0.2, 0) is 9.59 Å². The van der Waals surface area contributed by atoms with Crippen LogP contribution in [0.15, 0.2) is 53.0 Å². The van der Waals surface area contributed by atoms with Crippen LogP contribution in [0.1, 0.15) is 30.8 Å². The maximum absolute atomic E-state index is 12.9. The van der Waals surface area contributed by atoms with Crippen LogP contribution in [0.2, 0.25) is 5.02 Å². The molecule has 2 aromatic carbocycles. The van der Waals surface area contributed by atoms with Gasteiger partial charge in [-0.3, -0.25) is 19.8 Å². The quantitative estimate of drug-likeness (QED) is 0.465. The largest absolute Gasteiger partial charge is 0.345 e. The average Bonchev–Trinajstić information content (AvgIpc) is 3.06. The smallest absolute Gasteiger partial charge is 0.328 e. The van der Waals surface area contributed by atoms with Crippen LogP contribution in [0.3, 0.4) is 0 Å². The molecule has 0 saturated carbocycles. The van der Waals surface area contributed by atoms with E-state index in [1.165, 1.54) is 4.68 Å². The van der Waals surface area contributed by atoms with Gasteiger partial charge in [-0.1, -0.05) is 34.5 Å². The summed E-state index contributed by atoms with van der Waals surface area (Å²) in [4.78, 5) is 37.5. The summed E-state index contributed by atoms with van der Waals surface area (Å²) in [5.74, 6) is -2.09. The van der Waals surface area contributed by atoms with Gasteiger partial charge in [0, 0.05) is 26.6 Å². The van der Waals surface area contributed by atoms with Gasteiger partial charge in [0.1, 0.15) is 5.69 Å². The Morgan fingerprint density at radius 2 is 1.77 bits per heavy atom. The Morgan fingerprint density at radius 1 is 1.07 bits per heavy atom. The number of carbonyl (C=O) groups is 3. The number of nitrogens with one attached hydrogen (secondary N) is 3. The van der Waals surface area contributed by atoms with Crippen molar-refractivity contribution in [3.63, 3.8) is 0 Å². The van der Waals surface area contributed by atoms with Crippen molar-refractivity contribution in [1.82, 2.24) is 9.99 Å². The van der Waals surface area contributed by atoms with Gasteiger partial charge in [0.15, 0.2) is 0 Å². The lowest BCUT2D eigenvalue weighted by molar-refractivity contribution is -0.137. The van der Waals surface area contributed by atoms with Gasteiger partial charge in [0.25, 0.3) is 5.91 Å². The predicted octanol–water partition coefficient (Wildman–Crippen LogP) is 4.29. The first-order chi connectivity index (χ1) is 14.3. The van der Waals surface area contributed by atoms with Crippen LogP contribution < -0.4 is 16.1 Å². The molecule has 0 radical (unpaired) electrons. The van der Waals surface area contributed by atoms with Crippen molar-refractivity contribution in [3.05, 3.63) is 63.7 Å². The van der Waals surface area contributed by atoms with Crippen molar-refractivity contribution < 1.29 is 14.4 Å². The van der Waals surface area contributed by atoms with E-state index in [9.17, 15) is 14.4 Å². The molecular weight excluding hydrogens is 472 g/mol. The Balaban J connectivity index is 1.93. The van der Waals surface area contributed by atoms with E-state index >= 15 is 0 Å².